The van der Waals surface area contributed by atoms with E-state index in [4.69, 9.17) is 9.47 Å². The lowest BCUT2D eigenvalue weighted by atomic mass is 9.72. The minimum absolute atomic E-state index is 0.177. The van der Waals surface area contributed by atoms with Crippen molar-refractivity contribution in [3.05, 3.63) is 33.9 Å². The van der Waals surface area contributed by atoms with Gasteiger partial charge in [0, 0.05) is 48.4 Å². The summed E-state index contributed by atoms with van der Waals surface area (Å²) in [4.78, 5) is 19.5. The lowest BCUT2D eigenvalue weighted by Crippen LogP contribution is -2.56. The maximum absolute atomic E-state index is 11.3. The Labute approximate surface area is 173 Å². The van der Waals surface area contributed by atoms with Gasteiger partial charge in [0.1, 0.15) is 0 Å². The molecule has 6 nitrogen and oxygen atoms in total. The average Bonchev–Trinajstić information content (AvgIpc) is 3.04. The minimum Gasteiger partial charge on any atom is -0.448 e. The Hall–Kier alpha value is -1.41. The first kappa shape index (κ1) is 18.6. The maximum atomic E-state index is 11.3. The van der Waals surface area contributed by atoms with Crippen molar-refractivity contribution in [3.63, 3.8) is 0 Å². The van der Waals surface area contributed by atoms with Gasteiger partial charge in [-0.25, -0.2) is 0 Å². The van der Waals surface area contributed by atoms with Gasteiger partial charge in [0.15, 0.2) is 6.23 Å². The van der Waals surface area contributed by atoms with Crippen LogP contribution >= 0.6 is 15.9 Å². The number of aromatic nitrogens is 1. The van der Waals surface area contributed by atoms with Crippen LogP contribution in [0.5, 0.6) is 0 Å². The first-order chi connectivity index (χ1) is 13.7. The number of likely N-dealkylation sites (N-methyl/N-ethyl adjacent to an activating group) is 1. The van der Waals surface area contributed by atoms with Crippen molar-refractivity contribution < 1.29 is 14.3 Å². The Balaban J connectivity index is 1.49. The molecule has 0 radical (unpaired) electrons. The molecule has 1 aliphatic carbocycles. The molecule has 150 valence electrons. The van der Waals surface area contributed by atoms with Crippen LogP contribution in [-0.2, 0) is 20.7 Å². The molecule has 0 bridgehead atoms. The van der Waals surface area contributed by atoms with Gasteiger partial charge in [0.25, 0.3) is 6.47 Å². The third kappa shape index (κ3) is 3.00. The zero-order valence-corrected chi connectivity index (χ0v) is 17.7. The smallest absolute Gasteiger partial charge is 0.294 e. The number of hydrogen-bond acceptors (Lipinski definition) is 5. The number of carbonyl (C=O) groups is 1. The summed E-state index contributed by atoms with van der Waals surface area (Å²) in [5.74, 6) is 0.732. The number of aromatic amines is 1. The van der Waals surface area contributed by atoms with E-state index in [0.717, 1.165) is 37.1 Å². The molecule has 5 rings (SSSR count). The number of morpholine rings is 1. The molecule has 7 heteroatoms. The minimum atomic E-state index is -0.177. The second-order valence-electron chi connectivity index (χ2n) is 8.27. The fourth-order valence-corrected chi connectivity index (χ4v) is 6.19. The fraction of sp³-hybridized carbons (Fsp3) is 0.571. The van der Waals surface area contributed by atoms with Crippen LogP contribution in [0.15, 0.2) is 22.8 Å². The predicted octanol–water partition coefficient (Wildman–Crippen LogP) is 2.72. The number of rotatable bonds is 4. The van der Waals surface area contributed by atoms with Gasteiger partial charge in [0.05, 0.1) is 17.8 Å². The maximum Gasteiger partial charge on any atom is 0.294 e. The Kier molecular flexibility index (Phi) is 4.95. The molecule has 0 amide bonds. The monoisotopic (exact) mass is 447 g/mol. The zero-order chi connectivity index (χ0) is 19.3. The van der Waals surface area contributed by atoms with Crippen LogP contribution in [0.2, 0.25) is 0 Å². The van der Waals surface area contributed by atoms with Crippen LogP contribution in [0.4, 0.5) is 0 Å². The number of piperidine rings is 1. The summed E-state index contributed by atoms with van der Waals surface area (Å²) in [5.41, 5.74) is 4.02. The van der Waals surface area contributed by atoms with Crippen molar-refractivity contribution in [2.24, 2.45) is 5.92 Å². The van der Waals surface area contributed by atoms with Crippen molar-refractivity contribution in [1.82, 2.24) is 14.8 Å². The summed E-state index contributed by atoms with van der Waals surface area (Å²) in [7, 11) is 2.22. The van der Waals surface area contributed by atoms with Crippen LogP contribution < -0.4 is 0 Å². The van der Waals surface area contributed by atoms with Crippen LogP contribution in [0.25, 0.3) is 10.9 Å². The van der Waals surface area contributed by atoms with E-state index in [1.807, 2.05) is 0 Å². The Bertz CT molecular complexity index is 879. The number of nitrogens with one attached hydrogen (secondary N) is 1. The van der Waals surface area contributed by atoms with Crippen molar-refractivity contribution in [1.29, 1.82) is 0 Å². The predicted molar refractivity (Wildman–Crippen MR) is 110 cm³/mol. The van der Waals surface area contributed by atoms with Crippen LogP contribution in [0, 0.1) is 5.92 Å². The normalized spacial score (nSPS) is 29.4. The van der Waals surface area contributed by atoms with Gasteiger partial charge in [-0.2, -0.15) is 0 Å². The van der Waals surface area contributed by atoms with Crippen LogP contribution in [0.3, 0.4) is 0 Å². The van der Waals surface area contributed by atoms with Gasteiger partial charge in [-0.1, -0.05) is 12.1 Å². The van der Waals surface area contributed by atoms with Crippen LogP contribution in [-0.4, -0.2) is 73.4 Å². The molecule has 2 unspecified atom stereocenters. The van der Waals surface area contributed by atoms with E-state index < -0.39 is 0 Å². The molecule has 3 aliphatic rings. The van der Waals surface area contributed by atoms with E-state index in [1.54, 1.807) is 0 Å². The summed E-state index contributed by atoms with van der Waals surface area (Å²) < 4.78 is 12.3. The van der Waals surface area contributed by atoms with E-state index in [9.17, 15) is 4.79 Å². The third-order valence-corrected chi connectivity index (χ3v) is 7.51. The molecule has 1 aromatic heterocycles. The summed E-state index contributed by atoms with van der Waals surface area (Å²) in [5, 5.41) is 1.38. The highest BCUT2D eigenvalue weighted by atomic mass is 79.9. The molecule has 1 aromatic carbocycles. The summed E-state index contributed by atoms with van der Waals surface area (Å²) in [6.45, 7) is 4.59. The number of ether oxygens (including phenoxy) is 2. The molecule has 0 saturated carbocycles. The highest BCUT2D eigenvalue weighted by molar-refractivity contribution is 9.10. The van der Waals surface area contributed by atoms with Crippen molar-refractivity contribution in [3.8, 4) is 0 Å². The van der Waals surface area contributed by atoms with Crippen LogP contribution in [0.1, 0.15) is 23.5 Å². The van der Waals surface area contributed by atoms with Crippen molar-refractivity contribution >= 4 is 33.3 Å². The van der Waals surface area contributed by atoms with Gasteiger partial charge in [-0.3, -0.25) is 9.69 Å². The van der Waals surface area contributed by atoms with Gasteiger partial charge >= 0.3 is 0 Å². The highest BCUT2D eigenvalue weighted by Gasteiger charge is 2.44. The molecule has 2 aliphatic heterocycles. The van der Waals surface area contributed by atoms with Gasteiger partial charge in [-0.15, -0.1) is 0 Å². The van der Waals surface area contributed by atoms with E-state index in [1.165, 1.54) is 22.0 Å². The number of fused-ring (bicyclic) bond motifs is 2. The summed E-state index contributed by atoms with van der Waals surface area (Å²) in [6, 6.07) is 7.06. The lowest BCUT2D eigenvalue weighted by Gasteiger charge is -2.48. The largest absolute Gasteiger partial charge is 0.448 e. The third-order valence-electron chi connectivity index (χ3n) is 6.83. The molecular weight excluding hydrogens is 422 g/mol. The second kappa shape index (κ2) is 7.44. The number of hydrogen-bond donors (Lipinski definition) is 1. The molecule has 0 spiro atoms. The Morgan fingerprint density at radius 1 is 1.36 bits per heavy atom. The molecule has 2 saturated heterocycles. The number of benzene rings is 1. The van der Waals surface area contributed by atoms with Crippen molar-refractivity contribution in [2.45, 2.75) is 31.0 Å². The van der Waals surface area contributed by atoms with E-state index in [2.05, 4.69) is 56.0 Å². The highest BCUT2D eigenvalue weighted by Crippen LogP contribution is 2.47. The second-order valence-corrected chi connectivity index (χ2v) is 9.06. The lowest BCUT2D eigenvalue weighted by molar-refractivity contribution is -0.160. The zero-order valence-electron chi connectivity index (χ0n) is 16.1. The first-order valence-electron chi connectivity index (χ1n) is 10.1. The number of carbonyl (C=O) groups excluding carboxylic acids is 1. The van der Waals surface area contributed by atoms with Gasteiger partial charge in [0.2, 0.25) is 0 Å². The van der Waals surface area contributed by atoms with E-state index in [0.29, 0.717) is 31.6 Å². The number of halogens is 1. The van der Waals surface area contributed by atoms with E-state index in [-0.39, 0.29) is 12.1 Å². The summed E-state index contributed by atoms with van der Waals surface area (Å²) >= 11 is 3.73. The number of H-pyrrole nitrogens is 1. The molecule has 28 heavy (non-hydrogen) atoms. The molecule has 2 fully saturated rings. The quantitative estimate of drug-likeness (QED) is 0.730. The fourth-order valence-electron chi connectivity index (χ4n) is 5.62. The SMILES string of the molecule is CN1CC(C(OC=O)N2CCOCC2)C[C@H]2c3cccc4[nH]c(Br)c(c34)C[C@@H]21. The molecular formula is C21H26BrN3O3. The summed E-state index contributed by atoms with van der Waals surface area (Å²) in [6.07, 6.45) is 1.90. The Morgan fingerprint density at radius 3 is 2.96 bits per heavy atom. The Morgan fingerprint density at radius 2 is 2.18 bits per heavy atom. The van der Waals surface area contributed by atoms with E-state index >= 15 is 0 Å². The number of nitrogens with zero attached hydrogens (tertiary/aromatic N) is 2. The van der Waals surface area contributed by atoms with Gasteiger partial charge in [-0.05, 0) is 53.0 Å². The molecule has 4 atom stereocenters. The number of likely N-dealkylation sites (tertiary alicyclic amines) is 1. The van der Waals surface area contributed by atoms with Gasteiger partial charge < -0.3 is 19.4 Å². The first-order valence-corrected chi connectivity index (χ1v) is 10.9. The van der Waals surface area contributed by atoms with Crippen molar-refractivity contribution in [2.75, 3.05) is 39.9 Å². The standard InChI is InChI=1S/C21H26BrN3O3/c1-24-11-13(21(28-12-26)25-5-7-27-8-6-25)9-15-14-3-2-4-17-19(14)16(10-18(15)24)20(22)23-17/h2-4,12-13,15,18,21,23H,5-11H2,1H3/t13?,15-,18-,21?/m0/s1. The average molecular weight is 448 g/mol. The topological polar surface area (TPSA) is 57.8 Å². The molecule has 1 N–H and O–H groups in total. The molecule has 2 aromatic rings. The molecule has 3 heterocycles.